The molecule has 6 heteroatoms. The third-order valence-electron chi connectivity index (χ3n) is 4.84. The number of amides is 1. The molecule has 4 nitrogen and oxygen atoms in total. The van der Waals surface area contributed by atoms with E-state index in [1.54, 1.807) is 19.1 Å². The van der Waals surface area contributed by atoms with Gasteiger partial charge in [-0.25, -0.2) is 5.01 Å². The fourth-order valence-electron chi connectivity index (χ4n) is 3.20. The molecular weight excluding hydrogens is 371 g/mol. The zero-order chi connectivity index (χ0) is 19.0. The number of fused-ring (bicyclic) bond motifs is 1. The molecule has 1 N–H and O–H groups in total. The smallest absolute Gasteiger partial charge is 0.253 e. The van der Waals surface area contributed by atoms with Gasteiger partial charge in [-0.3, -0.25) is 15.0 Å². The third kappa shape index (κ3) is 3.19. The predicted molar refractivity (Wildman–Crippen MR) is 106 cm³/mol. The number of ketones is 1. The molecule has 2 aromatic rings. The Labute approximate surface area is 163 Å². The number of carbonyl (C=O) groups excluding carboxylic acids is 2. The van der Waals surface area contributed by atoms with E-state index in [0.29, 0.717) is 16.5 Å². The number of hydrazine groups is 1. The fraction of sp³-hybridized carbons (Fsp3) is 0.300. The summed E-state index contributed by atoms with van der Waals surface area (Å²) in [6.07, 6.45) is 0.600. The van der Waals surface area contributed by atoms with Crippen molar-refractivity contribution in [2.45, 2.75) is 39.5 Å². The van der Waals surface area contributed by atoms with E-state index in [1.807, 2.05) is 32.0 Å². The number of nitrogens with one attached hydrogen (secondary N) is 1. The molecule has 1 amide bonds. The summed E-state index contributed by atoms with van der Waals surface area (Å²) in [6, 6.07) is 9.09. The molecule has 0 aromatic heterocycles. The Morgan fingerprint density at radius 1 is 1.12 bits per heavy atom. The lowest BCUT2D eigenvalue weighted by Crippen LogP contribution is -2.35. The van der Waals surface area contributed by atoms with Crippen LogP contribution in [0.5, 0.6) is 0 Å². The Morgan fingerprint density at radius 3 is 2.50 bits per heavy atom. The van der Waals surface area contributed by atoms with Crippen molar-refractivity contribution in [2.24, 2.45) is 0 Å². The number of halogens is 2. The maximum atomic E-state index is 13.1. The molecule has 0 saturated carbocycles. The van der Waals surface area contributed by atoms with Crippen LogP contribution in [0.25, 0.3) is 0 Å². The van der Waals surface area contributed by atoms with Crippen LogP contribution in [0.2, 0.25) is 10.0 Å². The highest BCUT2D eigenvalue weighted by Crippen LogP contribution is 2.44. The largest absolute Gasteiger partial charge is 0.300 e. The van der Waals surface area contributed by atoms with Crippen molar-refractivity contribution in [3.63, 3.8) is 0 Å². The number of hydrogen-bond acceptors (Lipinski definition) is 3. The fourth-order valence-corrected chi connectivity index (χ4v) is 3.53. The molecule has 0 aliphatic carbocycles. The molecule has 0 bridgehead atoms. The maximum Gasteiger partial charge on any atom is 0.253 e. The van der Waals surface area contributed by atoms with Gasteiger partial charge >= 0.3 is 0 Å². The quantitative estimate of drug-likeness (QED) is 0.739. The van der Waals surface area contributed by atoms with Crippen molar-refractivity contribution in [2.75, 3.05) is 10.4 Å². The van der Waals surface area contributed by atoms with Crippen LogP contribution in [0, 0.1) is 13.8 Å². The Bertz CT molecular complexity index is 896. The van der Waals surface area contributed by atoms with Gasteiger partial charge in [0.1, 0.15) is 5.78 Å². The third-order valence-corrected chi connectivity index (χ3v) is 5.66. The van der Waals surface area contributed by atoms with Crippen molar-refractivity contribution >= 4 is 46.3 Å². The van der Waals surface area contributed by atoms with Gasteiger partial charge in [0, 0.05) is 22.9 Å². The summed E-state index contributed by atoms with van der Waals surface area (Å²) in [7, 11) is 0. The first-order chi connectivity index (χ1) is 12.3. The highest BCUT2D eigenvalue weighted by atomic mass is 35.5. The summed E-state index contributed by atoms with van der Waals surface area (Å²) in [5.41, 5.74) is 7.10. The molecule has 1 atom stereocenters. The van der Waals surface area contributed by atoms with Crippen LogP contribution in [0.15, 0.2) is 30.3 Å². The van der Waals surface area contributed by atoms with E-state index in [4.69, 9.17) is 23.2 Å². The van der Waals surface area contributed by atoms with Gasteiger partial charge in [-0.1, -0.05) is 42.3 Å². The van der Waals surface area contributed by atoms with Crippen molar-refractivity contribution < 1.29 is 9.59 Å². The Kier molecular flexibility index (Phi) is 5.26. The molecule has 0 spiro atoms. The summed E-state index contributed by atoms with van der Waals surface area (Å²) in [5, 5.41) is 2.69. The molecule has 1 aliphatic rings. The molecule has 0 radical (unpaired) electrons. The number of nitrogens with zero attached hydrogens (tertiary/aromatic N) is 1. The Hall–Kier alpha value is -2.04. The second kappa shape index (κ2) is 7.29. The second-order valence-corrected chi connectivity index (χ2v) is 7.27. The molecule has 136 valence electrons. The molecule has 2 aromatic carbocycles. The van der Waals surface area contributed by atoms with Gasteiger partial charge in [0.15, 0.2) is 0 Å². The van der Waals surface area contributed by atoms with Crippen molar-refractivity contribution in [1.82, 2.24) is 0 Å². The van der Waals surface area contributed by atoms with E-state index >= 15 is 0 Å². The molecule has 3 rings (SSSR count). The summed E-state index contributed by atoms with van der Waals surface area (Å²) in [4.78, 5) is 25.1. The first kappa shape index (κ1) is 18.7. The van der Waals surface area contributed by atoms with Crippen LogP contribution in [-0.4, -0.2) is 11.7 Å². The average Bonchev–Trinajstić information content (AvgIpc) is 2.88. The number of benzene rings is 2. The van der Waals surface area contributed by atoms with E-state index in [0.717, 1.165) is 28.1 Å². The average molecular weight is 391 g/mol. The standard InChI is InChI=1S/C20H20Cl2N2O2/c1-4-13(25)10-15-14-8-9-17(22)12(3)19(14)24(20(15)26)23-18-7-5-6-16(21)11(18)2/h5-9,15,23H,4,10H2,1-3H3. The lowest BCUT2D eigenvalue weighted by Gasteiger charge is -2.23. The van der Waals surface area contributed by atoms with Gasteiger partial charge in [-0.15, -0.1) is 0 Å². The SMILES string of the molecule is CCC(=O)CC1C(=O)N(Nc2cccc(Cl)c2C)c2c1ccc(Cl)c2C. The molecular formula is C20H20Cl2N2O2. The first-order valence-corrected chi connectivity index (χ1v) is 9.27. The predicted octanol–water partition coefficient (Wildman–Crippen LogP) is 5.44. The van der Waals surface area contributed by atoms with Crippen LogP contribution in [0.4, 0.5) is 11.4 Å². The number of Topliss-reactive ketones (excluding diaryl/α,β-unsaturated/α-hetero) is 1. The van der Waals surface area contributed by atoms with Crippen LogP contribution in [-0.2, 0) is 9.59 Å². The van der Waals surface area contributed by atoms with E-state index < -0.39 is 5.92 Å². The van der Waals surface area contributed by atoms with E-state index in [9.17, 15) is 9.59 Å². The molecule has 1 aliphatic heterocycles. The maximum absolute atomic E-state index is 13.1. The lowest BCUT2D eigenvalue weighted by molar-refractivity contribution is -0.124. The normalized spacial score (nSPS) is 16.0. The topological polar surface area (TPSA) is 49.4 Å². The molecule has 0 saturated heterocycles. The Balaban J connectivity index is 2.06. The number of anilines is 2. The summed E-state index contributed by atoms with van der Waals surface area (Å²) < 4.78 is 0. The van der Waals surface area contributed by atoms with Crippen molar-refractivity contribution in [1.29, 1.82) is 0 Å². The molecule has 0 fully saturated rings. The zero-order valence-electron chi connectivity index (χ0n) is 14.9. The first-order valence-electron chi connectivity index (χ1n) is 8.51. The summed E-state index contributed by atoms with van der Waals surface area (Å²) in [5.74, 6) is -0.602. The summed E-state index contributed by atoms with van der Waals surface area (Å²) >= 11 is 12.5. The minimum Gasteiger partial charge on any atom is -0.300 e. The molecule has 26 heavy (non-hydrogen) atoms. The Morgan fingerprint density at radius 2 is 1.81 bits per heavy atom. The van der Waals surface area contributed by atoms with Crippen LogP contribution < -0.4 is 10.4 Å². The second-order valence-electron chi connectivity index (χ2n) is 6.46. The highest BCUT2D eigenvalue weighted by Gasteiger charge is 2.40. The minimum absolute atomic E-state index is 0.0580. The monoisotopic (exact) mass is 390 g/mol. The minimum atomic E-state index is -0.500. The summed E-state index contributed by atoms with van der Waals surface area (Å²) in [6.45, 7) is 5.56. The van der Waals surface area contributed by atoms with Gasteiger partial charge in [-0.2, -0.15) is 0 Å². The highest BCUT2D eigenvalue weighted by molar-refractivity contribution is 6.32. The molecule has 1 unspecified atom stereocenters. The van der Waals surface area contributed by atoms with Crippen LogP contribution >= 0.6 is 23.2 Å². The number of hydrogen-bond donors (Lipinski definition) is 1. The number of rotatable bonds is 5. The molecule has 1 heterocycles. The van der Waals surface area contributed by atoms with Gasteiger partial charge in [0.25, 0.3) is 5.91 Å². The van der Waals surface area contributed by atoms with Gasteiger partial charge in [0.05, 0.1) is 17.3 Å². The van der Waals surface area contributed by atoms with Gasteiger partial charge in [-0.05, 0) is 48.7 Å². The number of carbonyl (C=O) groups is 2. The van der Waals surface area contributed by atoms with Crippen LogP contribution in [0.3, 0.4) is 0 Å². The van der Waals surface area contributed by atoms with Gasteiger partial charge < -0.3 is 0 Å². The van der Waals surface area contributed by atoms with Crippen molar-refractivity contribution in [3.8, 4) is 0 Å². The van der Waals surface area contributed by atoms with E-state index in [-0.39, 0.29) is 18.1 Å². The van der Waals surface area contributed by atoms with E-state index in [1.165, 1.54) is 5.01 Å². The van der Waals surface area contributed by atoms with Gasteiger partial charge in [0.2, 0.25) is 0 Å². The zero-order valence-corrected chi connectivity index (χ0v) is 16.4. The van der Waals surface area contributed by atoms with Crippen LogP contribution in [0.1, 0.15) is 42.4 Å². The van der Waals surface area contributed by atoms with Crippen molar-refractivity contribution in [3.05, 3.63) is 57.1 Å². The lowest BCUT2D eigenvalue weighted by atomic mass is 9.93. The van der Waals surface area contributed by atoms with E-state index in [2.05, 4.69) is 5.43 Å².